The molecule has 1 aromatic heterocycles. The van der Waals surface area contributed by atoms with E-state index >= 15 is 0 Å². The second-order valence-electron chi connectivity index (χ2n) is 6.42. The lowest BCUT2D eigenvalue weighted by Gasteiger charge is -2.18. The van der Waals surface area contributed by atoms with E-state index in [0.29, 0.717) is 35.4 Å². The van der Waals surface area contributed by atoms with E-state index in [4.69, 9.17) is 4.74 Å². The highest BCUT2D eigenvalue weighted by molar-refractivity contribution is 7.15. The lowest BCUT2D eigenvalue weighted by Crippen LogP contribution is -2.32. The molecule has 3 rings (SSSR count). The molecule has 0 fully saturated rings. The molecule has 1 aromatic carbocycles. The van der Waals surface area contributed by atoms with Gasteiger partial charge in [0.05, 0.1) is 12.6 Å². The van der Waals surface area contributed by atoms with Crippen molar-refractivity contribution in [3.8, 4) is 5.75 Å². The lowest BCUT2D eigenvalue weighted by atomic mass is 10.0. The van der Waals surface area contributed by atoms with Crippen molar-refractivity contribution >= 4 is 22.5 Å². The largest absolute Gasteiger partial charge is 0.493 e. The molecule has 8 heteroatoms. The van der Waals surface area contributed by atoms with Gasteiger partial charge in [0.25, 0.3) is 0 Å². The van der Waals surface area contributed by atoms with E-state index in [0.717, 1.165) is 17.8 Å². The van der Waals surface area contributed by atoms with Gasteiger partial charge in [-0.05, 0) is 37.0 Å². The fraction of sp³-hybridized carbons (Fsp3) is 0.471. The quantitative estimate of drug-likeness (QED) is 0.862. The average molecular weight is 364 g/mol. The summed E-state index contributed by atoms with van der Waals surface area (Å²) < 4.78 is 19.2. The number of hydrogen-bond acceptors (Lipinski definition) is 5. The number of benzene rings is 1. The fourth-order valence-electron chi connectivity index (χ4n) is 2.73. The van der Waals surface area contributed by atoms with Crippen LogP contribution in [0.1, 0.15) is 43.3 Å². The van der Waals surface area contributed by atoms with Crippen molar-refractivity contribution in [1.29, 1.82) is 0 Å². The summed E-state index contributed by atoms with van der Waals surface area (Å²) >= 11 is 1.36. The minimum atomic E-state index is -0.380. The summed E-state index contributed by atoms with van der Waals surface area (Å²) in [6.45, 7) is 4.76. The monoisotopic (exact) mass is 364 g/mol. The zero-order chi connectivity index (χ0) is 17.8. The van der Waals surface area contributed by atoms with Crippen molar-refractivity contribution in [1.82, 2.24) is 15.5 Å². The number of urea groups is 1. The van der Waals surface area contributed by atoms with Crippen LogP contribution in [0, 0.1) is 11.7 Å². The van der Waals surface area contributed by atoms with Crippen LogP contribution in [0.3, 0.4) is 0 Å². The number of carbonyl (C=O) groups is 1. The SMILES string of the molecule is CC(C)Cc1nnc(NC(=O)N[C@@H]2CCCOc3ccc(F)cc32)s1. The van der Waals surface area contributed by atoms with Crippen LogP contribution >= 0.6 is 11.3 Å². The highest BCUT2D eigenvalue weighted by Crippen LogP contribution is 2.32. The third-order valence-corrected chi connectivity index (χ3v) is 4.68. The predicted molar refractivity (Wildman–Crippen MR) is 94.5 cm³/mol. The Balaban J connectivity index is 1.66. The number of halogens is 1. The van der Waals surface area contributed by atoms with Crippen LogP contribution in [0.15, 0.2) is 18.2 Å². The van der Waals surface area contributed by atoms with Gasteiger partial charge in [-0.15, -0.1) is 10.2 Å². The fourth-order valence-corrected chi connectivity index (χ4v) is 3.67. The van der Waals surface area contributed by atoms with Gasteiger partial charge in [-0.2, -0.15) is 0 Å². The van der Waals surface area contributed by atoms with Crippen LogP contribution in [-0.4, -0.2) is 22.8 Å². The van der Waals surface area contributed by atoms with Gasteiger partial charge in [0.1, 0.15) is 16.6 Å². The Morgan fingerprint density at radius 1 is 1.44 bits per heavy atom. The van der Waals surface area contributed by atoms with Gasteiger partial charge in [-0.25, -0.2) is 9.18 Å². The molecule has 0 saturated carbocycles. The molecule has 134 valence electrons. The Kier molecular flexibility index (Phi) is 5.47. The standard InChI is InChI=1S/C17H21FN4O2S/c1-10(2)8-15-21-22-17(25-15)20-16(23)19-13-4-3-7-24-14-6-5-11(18)9-12(13)14/h5-6,9-10,13H,3-4,7-8H2,1-2H3,(H2,19,20,22,23)/t13-/m1/s1. The Bertz CT molecular complexity index is 750. The van der Waals surface area contributed by atoms with E-state index in [1.54, 1.807) is 6.07 Å². The van der Waals surface area contributed by atoms with Crippen LogP contribution in [-0.2, 0) is 6.42 Å². The van der Waals surface area contributed by atoms with Crippen molar-refractivity contribution in [2.75, 3.05) is 11.9 Å². The molecule has 6 nitrogen and oxygen atoms in total. The van der Waals surface area contributed by atoms with Gasteiger partial charge in [-0.3, -0.25) is 5.32 Å². The molecule has 2 heterocycles. The van der Waals surface area contributed by atoms with E-state index in [1.165, 1.54) is 23.5 Å². The number of amides is 2. The summed E-state index contributed by atoms with van der Waals surface area (Å²) in [6.07, 6.45) is 2.28. The van der Waals surface area contributed by atoms with Crippen molar-refractivity contribution in [3.05, 3.63) is 34.6 Å². The first-order chi connectivity index (χ1) is 12.0. The third-order valence-electron chi connectivity index (χ3n) is 3.82. The van der Waals surface area contributed by atoms with Gasteiger partial charge in [0.15, 0.2) is 0 Å². The van der Waals surface area contributed by atoms with Crippen LogP contribution in [0.25, 0.3) is 0 Å². The maximum Gasteiger partial charge on any atom is 0.321 e. The van der Waals surface area contributed by atoms with Crippen molar-refractivity contribution in [3.63, 3.8) is 0 Å². The molecule has 1 aliphatic heterocycles. The molecule has 2 amide bonds. The number of fused-ring (bicyclic) bond motifs is 1. The first-order valence-corrected chi connectivity index (χ1v) is 9.15. The summed E-state index contributed by atoms with van der Waals surface area (Å²) in [6, 6.07) is 3.69. The molecular weight excluding hydrogens is 343 g/mol. The normalized spacial score (nSPS) is 16.7. The highest BCUT2D eigenvalue weighted by atomic mass is 32.1. The summed E-state index contributed by atoms with van der Waals surface area (Å²) in [4.78, 5) is 12.3. The minimum absolute atomic E-state index is 0.309. The zero-order valence-corrected chi connectivity index (χ0v) is 15.0. The number of nitrogens with zero attached hydrogens (tertiary/aromatic N) is 2. The van der Waals surface area contributed by atoms with Crippen LogP contribution in [0.4, 0.5) is 14.3 Å². The smallest absolute Gasteiger partial charge is 0.321 e. The van der Waals surface area contributed by atoms with Crippen LogP contribution < -0.4 is 15.4 Å². The molecule has 0 radical (unpaired) electrons. The number of aromatic nitrogens is 2. The molecule has 0 aliphatic carbocycles. The molecule has 2 N–H and O–H groups in total. The molecule has 0 bridgehead atoms. The zero-order valence-electron chi connectivity index (χ0n) is 14.2. The molecule has 1 atom stereocenters. The Morgan fingerprint density at radius 3 is 3.08 bits per heavy atom. The first kappa shape index (κ1) is 17.6. The number of carbonyl (C=O) groups excluding carboxylic acids is 1. The number of hydrogen-bond donors (Lipinski definition) is 2. The van der Waals surface area contributed by atoms with E-state index in [9.17, 15) is 9.18 Å². The molecular formula is C17H21FN4O2S. The Labute approximate surface area is 149 Å². The predicted octanol–water partition coefficient (Wildman–Crippen LogP) is 3.91. The van der Waals surface area contributed by atoms with Gasteiger partial charge < -0.3 is 10.1 Å². The number of nitrogens with one attached hydrogen (secondary N) is 2. The molecule has 1 aliphatic rings. The van der Waals surface area contributed by atoms with E-state index < -0.39 is 0 Å². The second-order valence-corrected chi connectivity index (χ2v) is 7.48. The maximum absolute atomic E-state index is 13.6. The number of ether oxygens (including phenoxy) is 1. The minimum Gasteiger partial charge on any atom is -0.493 e. The molecule has 2 aromatic rings. The Morgan fingerprint density at radius 2 is 2.28 bits per heavy atom. The summed E-state index contributed by atoms with van der Waals surface area (Å²) in [5.74, 6) is 0.741. The molecule has 0 unspecified atom stereocenters. The summed E-state index contributed by atoms with van der Waals surface area (Å²) in [7, 11) is 0. The van der Waals surface area contributed by atoms with Gasteiger partial charge in [0.2, 0.25) is 5.13 Å². The molecule has 0 spiro atoms. The molecule has 0 saturated heterocycles. The first-order valence-electron chi connectivity index (χ1n) is 8.33. The summed E-state index contributed by atoms with van der Waals surface area (Å²) in [5, 5.41) is 15.0. The average Bonchev–Trinajstić information content (AvgIpc) is 2.87. The lowest BCUT2D eigenvalue weighted by molar-refractivity contribution is 0.247. The van der Waals surface area contributed by atoms with E-state index in [1.807, 2.05) is 0 Å². The van der Waals surface area contributed by atoms with Gasteiger partial charge in [-0.1, -0.05) is 25.2 Å². The van der Waals surface area contributed by atoms with Crippen molar-refractivity contribution in [2.24, 2.45) is 5.92 Å². The van der Waals surface area contributed by atoms with Crippen LogP contribution in [0.5, 0.6) is 5.75 Å². The van der Waals surface area contributed by atoms with E-state index in [2.05, 4.69) is 34.7 Å². The van der Waals surface area contributed by atoms with Crippen molar-refractivity contribution < 1.29 is 13.9 Å². The Hall–Kier alpha value is -2.22. The molecule has 25 heavy (non-hydrogen) atoms. The van der Waals surface area contributed by atoms with E-state index in [-0.39, 0.29) is 17.9 Å². The van der Waals surface area contributed by atoms with Crippen LogP contribution in [0.2, 0.25) is 0 Å². The number of rotatable bonds is 4. The van der Waals surface area contributed by atoms with Crippen molar-refractivity contribution in [2.45, 2.75) is 39.2 Å². The number of anilines is 1. The highest BCUT2D eigenvalue weighted by Gasteiger charge is 2.22. The maximum atomic E-state index is 13.6. The third kappa shape index (κ3) is 4.66. The summed E-state index contributed by atoms with van der Waals surface area (Å²) in [5.41, 5.74) is 0.658. The van der Waals surface area contributed by atoms with Gasteiger partial charge >= 0.3 is 6.03 Å². The second kappa shape index (κ2) is 7.77. The topological polar surface area (TPSA) is 76.1 Å². The van der Waals surface area contributed by atoms with Gasteiger partial charge in [0, 0.05) is 12.0 Å².